The number of hydrogen-bond donors (Lipinski definition) is 2. The second-order valence-electron chi connectivity index (χ2n) is 6.16. The van der Waals surface area contributed by atoms with Crippen LogP contribution in [-0.4, -0.2) is 24.1 Å². The maximum Gasteiger partial charge on any atom is 0.256 e. The van der Waals surface area contributed by atoms with Gasteiger partial charge in [0.1, 0.15) is 17.5 Å². The van der Waals surface area contributed by atoms with Crippen molar-refractivity contribution in [2.24, 2.45) is 12.2 Å². The van der Waals surface area contributed by atoms with E-state index in [9.17, 15) is 22.0 Å². The second-order valence-corrected chi connectivity index (χ2v) is 7.77. The van der Waals surface area contributed by atoms with Gasteiger partial charge in [-0.15, -0.1) is 0 Å². The van der Waals surface area contributed by atoms with Gasteiger partial charge in [-0.3, -0.25) is 9.48 Å². The number of carbonyl (C=O) groups excluding carboxylic acids is 1. The van der Waals surface area contributed by atoms with Crippen LogP contribution in [0.4, 0.5) is 14.6 Å². The van der Waals surface area contributed by atoms with Crippen LogP contribution in [-0.2, 0) is 22.8 Å². The largest absolute Gasteiger partial charge is 0.307 e. The van der Waals surface area contributed by atoms with Gasteiger partial charge in [-0.25, -0.2) is 22.3 Å². The summed E-state index contributed by atoms with van der Waals surface area (Å²) in [5.41, 5.74) is 1.10. The Morgan fingerprint density at radius 3 is 2.46 bits per heavy atom. The van der Waals surface area contributed by atoms with Gasteiger partial charge in [0.15, 0.2) is 0 Å². The Labute approximate surface area is 159 Å². The number of nitrogens with two attached hydrogens (primary N) is 1. The minimum absolute atomic E-state index is 0.223. The fourth-order valence-electron chi connectivity index (χ4n) is 2.65. The van der Waals surface area contributed by atoms with Gasteiger partial charge in [0.25, 0.3) is 5.91 Å². The quantitative estimate of drug-likeness (QED) is 0.678. The number of nitrogens with zero attached hydrogens (tertiary/aromatic N) is 2. The molecule has 2 aromatic carbocycles. The minimum Gasteiger partial charge on any atom is -0.307 e. The fourth-order valence-corrected chi connectivity index (χ4v) is 3.29. The third kappa shape index (κ3) is 4.78. The number of primary sulfonamides is 1. The molecule has 3 aromatic rings. The maximum absolute atomic E-state index is 13.4. The van der Waals surface area contributed by atoms with Crippen LogP contribution in [0.2, 0.25) is 0 Å². The number of nitrogens with one attached hydrogen (secondary N) is 1. The van der Waals surface area contributed by atoms with Gasteiger partial charge in [0, 0.05) is 30.3 Å². The van der Waals surface area contributed by atoms with Crippen molar-refractivity contribution in [3.05, 3.63) is 71.3 Å². The van der Waals surface area contributed by atoms with Crippen molar-refractivity contribution >= 4 is 21.7 Å². The van der Waals surface area contributed by atoms with Gasteiger partial charge in [-0.2, -0.15) is 5.10 Å². The first-order valence-corrected chi connectivity index (χ1v) is 9.73. The van der Waals surface area contributed by atoms with Crippen molar-refractivity contribution in [3.63, 3.8) is 0 Å². The van der Waals surface area contributed by atoms with Crippen molar-refractivity contribution in [3.8, 4) is 11.3 Å². The first-order chi connectivity index (χ1) is 13.1. The summed E-state index contributed by atoms with van der Waals surface area (Å²) in [6.45, 7) is 0. The molecule has 0 aliphatic rings. The van der Waals surface area contributed by atoms with Gasteiger partial charge < -0.3 is 5.32 Å². The van der Waals surface area contributed by atoms with E-state index in [-0.39, 0.29) is 16.8 Å². The summed E-state index contributed by atoms with van der Waals surface area (Å²) in [6, 6.07) is 10.5. The summed E-state index contributed by atoms with van der Waals surface area (Å²) in [5.74, 6) is -2.08. The van der Waals surface area contributed by atoms with Crippen LogP contribution in [0.15, 0.2) is 48.5 Å². The number of hydrogen-bond acceptors (Lipinski definition) is 4. The molecule has 0 aliphatic carbocycles. The molecule has 3 rings (SSSR count). The Bertz CT molecular complexity index is 1140. The van der Waals surface area contributed by atoms with Crippen LogP contribution in [0, 0.1) is 11.6 Å². The number of benzene rings is 2. The third-order valence-electron chi connectivity index (χ3n) is 3.84. The lowest BCUT2D eigenvalue weighted by Gasteiger charge is -2.06. The Kier molecular flexibility index (Phi) is 5.25. The summed E-state index contributed by atoms with van der Waals surface area (Å²) in [5, 5.41) is 11.8. The molecule has 28 heavy (non-hydrogen) atoms. The highest BCUT2D eigenvalue weighted by molar-refractivity contribution is 7.88. The monoisotopic (exact) mass is 406 g/mol. The number of rotatable bonds is 5. The van der Waals surface area contributed by atoms with E-state index in [2.05, 4.69) is 10.4 Å². The smallest absolute Gasteiger partial charge is 0.256 e. The standard InChI is InChI=1S/C18H16F2N4O3S/c1-24-17(9-16(23-24)13-6-14(19)8-15(20)7-13)22-18(25)12-4-2-3-11(5-12)10-28(21,26)27/h2-9H,10H2,1H3,(H,22,25)(H2,21,26,27). The normalized spacial score (nSPS) is 11.4. The zero-order valence-corrected chi connectivity index (χ0v) is 15.5. The molecular formula is C18H16F2N4O3S. The molecule has 146 valence electrons. The Hall–Kier alpha value is -3.11. The molecule has 1 heterocycles. The lowest BCUT2D eigenvalue weighted by atomic mass is 10.1. The van der Waals surface area contributed by atoms with Gasteiger partial charge >= 0.3 is 0 Å². The molecule has 3 N–H and O–H groups in total. The summed E-state index contributed by atoms with van der Waals surface area (Å²) in [7, 11) is -2.17. The zero-order chi connectivity index (χ0) is 20.5. The molecule has 1 amide bonds. The Morgan fingerprint density at radius 1 is 1.14 bits per heavy atom. The van der Waals surface area contributed by atoms with Crippen LogP contribution >= 0.6 is 0 Å². The zero-order valence-electron chi connectivity index (χ0n) is 14.7. The molecule has 0 unspecified atom stereocenters. The highest BCUT2D eigenvalue weighted by Crippen LogP contribution is 2.23. The SMILES string of the molecule is Cn1nc(-c2cc(F)cc(F)c2)cc1NC(=O)c1cccc(CS(N)(=O)=O)c1. The first-order valence-electron chi connectivity index (χ1n) is 8.02. The van der Waals surface area contributed by atoms with Gasteiger partial charge in [-0.05, 0) is 29.8 Å². The number of amides is 1. The lowest BCUT2D eigenvalue weighted by Crippen LogP contribution is -2.17. The summed E-state index contributed by atoms with van der Waals surface area (Å²) in [6.07, 6.45) is 0. The number of anilines is 1. The van der Waals surface area contributed by atoms with Crippen LogP contribution in [0.3, 0.4) is 0 Å². The fraction of sp³-hybridized carbons (Fsp3) is 0.111. The number of aryl methyl sites for hydroxylation is 1. The Morgan fingerprint density at radius 2 is 1.82 bits per heavy atom. The first kappa shape index (κ1) is 19.6. The van der Waals surface area contributed by atoms with Crippen molar-refractivity contribution < 1.29 is 22.0 Å². The van der Waals surface area contributed by atoms with Gasteiger partial charge in [-0.1, -0.05) is 12.1 Å². The van der Waals surface area contributed by atoms with Crippen molar-refractivity contribution in [2.75, 3.05) is 5.32 Å². The van der Waals surface area contributed by atoms with Gasteiger partial charge in [0.05, 0.1) is 11.4 Å². The van der Waals surface area contributed by atoms with Crippen molar-refractivity contribution in [2.45, 2.75) is 5.75 Å². The lowest BCUT2D eigenvalue weighted by molar-refractivity contribution is 0.102. The van der Waals surface area contributed by atoms with Gasteiger partial charge in [0.2, 0.25) is 10.0 Å². The average molecular weight is 406 g/mol. The van der Waals surface area contributed by atoms with E-state index >= 15 is 0 Å². The van der Waals surface area contributed by atoms with E-state index < -0.39 is 33.3 Å². The summed E-state index contributed by atoms with van der Waals surface area (Å²) >= 11 is 0. The van der Waals surface area contributed by atoms with Crippen molar-refractivity contribution in [1.82, 2.24) is 9.78 Å². The van der Waals surface area contributed by atoms with E-state index in [4.69, 9.17) is 5.14 Å². The van der Waals surface area contributed by atoms with Crippen LogP contribution in [0.5, 0.6) is 0 Å². The molecule has 0 atom stereocenters. The average Bonchev–Trinajstić information content (AvgIpc) is 2.93. The second kappa shape index (κ2) is 7.49. The number of carbonyl (C=O) groups is 1. The molecule has 7 nitrogen and oxygen atoms in total. The minimum atomic E-state index is -3.73. The van der Waals surface area contributed by atoms with E-state index in [1.165, 1.54) is 22.9 Å². The predicted molar refractivity (Wildman–Crippen MR) is 99.8 cm³/mol. The molecular weight excluding hydrogens is 390 g/mol. The van der Waals surface area contributed by atoms with E-state index in [0.29, 0.717) is 11.4 Å². The third-order valence-corrected chi connectivity index (χ3v) is 4.57. The van der Waals surface area contributed by atoms with Crippen LogP contribution in [0.25, 0.3) is 11.3 Å². The molecule has 0 saturated heterocycles. The molecule has 0 fully saturated rings. The van der Waals surface area contributed by atoms with Crippen molar-refractivity contribution in [1.29, 1.82) is 0 Å². The Balaban J connectivity index is 1.83. The summed E-state index contributed by atoms with van der Waals surface area (Å²) in [4.78, 5) is 12.5. The molecule has 0 aliphatic heterocycles. The van der Waals surface area contributed by atoms with E-state index in [1.807, 2.05) is 0 Å². The molecule has 1 aromatic heterocycles. The topological polar surface area (TPSA) is 107 Å². The molecule has 0 radical (unpaired) electrons. The molecule has 0 bridgehead atoms. The van der Waals surface area contributed by atoms with E-state index in [1.54, 1.807) is 19.2 Å². The highest BCUT2D eigenvalue weighted by atomic mass is 32.2. The molecule has 0 saturated carbocycles. The number of halogens is 2. The number of sulfonamides is 1. The molecule has 10 heteroatoms. The van der Waals surface area contributed by atoms with Crippen LogP contribution in [0.1, 0.15) is 15.9 Å². The maximum atomic E-state index is 13.4. The highest BCUT2D eigenvalue weighted by Gasteiger charge is 2.14. The molecule has 0 spiro atoms. The predicted octanol–water partition coefficient (Wildman–Crippen LogP) is 2.41. The number of aromatic nitrogens is 2. The van der Waals surface area contributed by atoms with Crippen LogP contribution < -0.4 is 10.5 Å². The summed E-state index contributed by atoms with van der Waals surface area (Å²) < 4.78 is 50.6. The van der Waals surface area contributed by atoms with E-state index in [0.717, 1.165) is 18.2 Å².